The first kappa shape index (κ1) is 11.9. The van der Waals surface area contributed by atoms with E-state index in [2.05, 4.69) is 10.6 Å². The van der Waals surface area contributed by atoms with Gasteiger partial charge in [-0.1, -0.05) is 0 Å². The van der Waals surface area contributed by atoms with Gasteiger partial charge < -0.3 is 21.1 Å². The molecule has 1 rings (SSSR count). The number of nitrogens with two attached hydrogens (primary N) is 1. The summed E-state index contributed by atoms with van der Waals surface area (Å²) in [6.07, 6.45) is 1.92. The molecule has 0 spiro atoms. The Hall–Kier alpha value is -1.14. The maximum absolute atomic E-state index is 11.4. The summed E-state index contributed by atoms with van der Waals surface area (Å²) in [6, 6.07) is -0.0684. The molecule has 2 amide bonds. The fraction of sp³-hybridized carbons (Fsp3) is 0.778. The molecule has 1 heterocycles. The number of amides is 2. The molecule has 1 saturated heterocycles. The smallest absolute Gasteiger partial charge is 0.243 e. The monoisotopic (exact) mass is 215 g/mol. The minimum absolute atomic E-state index is 0.00447. The highest BCUT2D eigenvalue weighted by Gasteiger charge is 2.20. The normalized spacial score (nSPS) is 20.1. The number of carbonyl (C=O) groups is 2. The van der Waals surface area contributed by atoms with Gasteiger partial charge in [0.1, 0.15) is 6.61 Å². The topological polar surface area (TPSA) is 93.5 Å². The molecular formula is C9H17N3O3. The first-order valence-corrected chi connectivity index (χ1v) is 5.07. The molecule has 6 heteroatoms. The third-order valence-electron chi connectivity index (χ3n) is 2.17. The quantitative estimate of drug-likeness (QED) is 0.463. The molecule has 0 aliphatic carbocycles. The molecule has 1 aliphatic rings. The average molecular weight is 215 g/mol. The van der Waals surface area contributed by atoms with Gasteiger partial charge >= 0.3 is 0 Å². The summed E-state index contributed by atoms with van der Waals surface area (Å²) < 4.78 is 4.90. The average Bonchev–Trinajstić information content (AvgIpc) is 2.69. The van der Waals surface area contributed by atoms with Gasteiger partial charge in [-0.25, -0.2) is 0 Å². The predicted octanol–water partition coefficient (Wildman–Crippen LogP) is -1.64. The van der Waals surface area contributed by atoms with Gasteiger partial charge in [0.15, 0.2) is 0 Å². The number of carbonyl (C=O) groups excluding carboxylic acids is 2. The van der Waals surface area contributed by atoms with Crippen molar-refractivity contribution in [2.75, 3.05) is 26.3 Å². The van der Waals surface area contributed by atoms with Gasteiger partial charge in [0.2, 0.25) is 11.8 Å². The molecule has 86 valence electrons. The summed E-state index contributed by atoms with van der Waals surface area (Å²) in [7, 11) is 0. The van der Waals surface area contributed by atoms with Crippen molar-refractivity contribution in [1.82, 2.24) is 10.6 Å². The van der Waals surface area contributed by atoms with E-state index in [0.29, 0.717) is 13.2 Å². The van der Waals surface area contributed by atoms with Crippen LogP contribution in [0.4, 0.5) is 0 Å². The van der Waals surface area contributed by atoms with Crippen molar-refractivity contribution in [2.45, 2.75) is 18.9 Å². The van der Waals surface area contributed by atoms with Crippen molar-refractivity contribution in [3.63, 3.8) is 0 Å². The molecule has 0 radical (unpaired) electrons. The highest BCUT2D eigenvalue weighted by Crippen LogP contribution is 2.03. The SMILES string of the molecule is NC(=O)COCCNC(=O)[C@@H]1CCCN1. The van der Waals surface area contributed by atoms with Crippen LogP contribution in [0.3, 0.4) is 0 Å². The fourth-order valence-corrected chi connectivity index (χ4v) is 1.45. The molecule has 1 aliphatic heterocycles. The van der Waals surface area contributed by atoms with E-state index in [1.807, 2.05) is 0 Å². The van der Waals surface area contributed by atoms with Crippen LogP contribution < -0.4 is 16.4 Å². The lowest BCUT2D eigenvalue weighted by molar-refractivity contribution is -0.123. The maximum Gasteiger partial charge on any atom is 0.243 e. The lowest BCUT2D eigenvalue weighted by Crippen LogP contribution is -2.41. The molecule has 0 aromatic heterocycles. The Morgan fingerprint density at radius 1 is 1.53 bits per heavy atom. The Morgan fingerprint density at radius 2 is 2.33 bits per heavy atom. The Morgan fingerprint density at radius 3 is 2.93 bits per heavy atom. The number of primary amides is 1. The van der Waals surface area contributed by atoms with E-state index < -0.39 is 5.91 Å². The second-order valence-electron chi connectivity index (χ2n) is 3.46. The van der Waals surface area contributed by atoms with E-state index in [-0.39, 0.29) is 18.6 Å². The van der Waals surface area contributed by atoms with Crippen LogP contribution in [0.25, 0.3) is 0 Å². The van der Waals surface area contributed by atoms with Crippen LogP contribution >= 0.6 is 0 Å². The Labute approximate surface area is 88.5 Å². The Balaban J connectivity index is 1.99. The van der Waals surface area contributed by atoms with Gasteiger partial charge in [-0.15, -0.1) is 0 Å². The molecule has 1 atom stereocenters. The second kappa shape index (κ2) is 6.36. The summed E-state index contributed by atoms with van der Waals surface area (Å²) in [4.78, 5) is 21.7. The number of rotatable bonds is 6. The van der Waals surface area contributed by atoms with Crippen LogP contribution in [-0.4, -0.2) is 44.2 Å². The highest BCUT2D eigenvalue weighted by atomic mass is 16.5. The van der Waals surface area contributed by atoms with Crippen LogP contribution in [0, 0.1) is 0 Å². The molecule has 0 bridgehead atoms. The molecule has 0 aromatic carbocycles. The van der Waals surface area contributed by atoms with Gasteiger partial charge in [-0.2, -0.15) is 0 Å². The predicted molar refractivity (Wildman–Crippen MR) is 54.0 cm³/mol. The lowest BCUT2D eigenvalue weighted by atomic mass is 10.2. The Kier molecular flexibility index (Phi) is 5.06. The number of hydrogen-bond acceptors (Lipinski definition) is 4. The third-order valence-corrected chi connectivity index (χ3v) is 2.17. The van der Waals surface area contributed by atoms with Crippen LogP contribution in [0.1, 0.15) is 12.8 Å². The molecule has 4 N–H and O–H groups in total. The van der Waals surface area contributed by atoms with Crippen molar-refractivity contribution in [1.29, 1.82) is 0 Å². The van der Waals surface area contributed by atoms with Crippen molar-refractivity contribution < 1.29 is 14.3 Å². The standard InChI is InChI=1S/C9H17N3O3/c10-8(13)6-15-5-4-12-9(14)7-2-1-3-11-7/h7,11H,1-6H2,(H2,10,13)(H,12,14)/t7-/m0/s1. The van der Waals surface area contributed by atoms with E-state index >= 15 is 0 Å². The maximum atomic E-state index is 11.4. The number of ether oxygens (including phenoxy) is 1. The third kappa shape index (κ3) is 4.75. The zero-order valence-electron chi connectivity index (χ0n) is 8.62. The number of nitrogens with one attached hydrogen (secondary N) is 2. The van der Waals surface area contributed by atoms with Crippen LogP contribution in [0.15, 0.2) is 0 Å². The van der Waals surface area contributed by atoms with Crippen molar-refractivity contribution in [3.05, 3.63) is 0 Å². The minimum atomic E-state index is -0.501. The summed E-state index contributed by atoms with van der Waals surface area (Å²) in [6.45, 7) is 1.51. The fourth-order valence-electron chi connectivity index (χ4n) is 1.45. The van der Waals surface area contributed by atoms with Crippen molar-refractivity contribution in [3.8, 4) is 0 Å². The molecular weight excluding hydrogens is 198 g/mol. The zero-order valence-corrected chi connectivity index (χ0v) is 8.62. The zero-order chi connectivity index (χ0) is 11.1. The summed E-state index contributed by atoms with van der Waals surface area (Å²) in [5.41, 5.74) is 4.87. The molecule has 15 heavy (non-hydrogen) atoms. The first-order chi connectivity index (χ1) is 7.20. The van der Waals surface area contributed by atoms with Crippen molar-refractivity contribution >= 4 is 11.8 Å². The van der Waals surface area contributed by atoms with E-state index in [1.54, 1.807) is 0 Å². The van der Waals surface area contributed by atoms with Gasteiger partial charge in [0.25, 0.3) is 0 Å². The molecule has 0 unspecified atom stereocenters. The summed E-state index contributed by atoms with van der Waals surface area (Å²) >= 11 is 0. The molecule has 0 aromatic rings. The highest BCUT2D eigenvalue weighted by molar-refractivity contribution is 5.81. The van der Waals surface area contributed by atoms with Gasteiger partial charge in [0, 0.05) is 6.54 Å². The van der Waals surface area contributed by atoms with E-state index in [9.17, 15) is 9.59 Å². The minimum Gasteiger partial charge on any atom is -0.370 e. The summed E-state index contributed by atoms with van der Waals surface area (Å²) in [5.74, 6) is -0.506. The second-order valence-corrected chi connectivity index (χ2v) is 3.46. The summed E-state index contributed by atoms with van der Waals surface area (Å²) in [5, 5.41) is 5.81. The Bertz CT molecular complexity index is 227. The molecule has 0 saturated carbocycles. The molecule has 6 nitrogen and oxygen atoms in total. The van der Waals surface area contributed by atoms with Crippen LogP contribution in [-0.2, 0) is 14.3 Å². The van der Waals surface area contributed by atoms with Gasteiger partial charge in [-0.3, -0.25) is 9.59 Å². The van der Waals surface area contributed by atoms with E-state index in [1.165, 1.54) is 0 Å². The van der Waals surface area contributed by atoms with E-state index in [4.69, 9.17) is 10.5 Å². The first-order valence-electron chi connectivity index (χ1n) is 5.07. The van der Waals surface area contributed by atoms with Crippen molar-refractivity contribution in [2.24, 2.45) is 5.73 Å². The van der Waals surface area contributed by atoms with E-state index in [0.717, 1.165) is 19.4 Å². The van der Waals surface area contributed by atoms with Crippen LogP contribution in [0.5, 0.6) is 0 Å². The number of hydrogen-bond donors (Lipinski definition) is 3. The lowest BCUT2D eigenvalue weighted by Gasteiger charge is -2.10. The van der Waals surface area contributed by atoms with Gasteiger partial charge in [-0.05, 0) is 19.4 Å². The van der Waals surface area contributed by atoms with Crippen LogP contribution in [0.2, 0.25) is 0 Å². The largest absolute Gasteiger partial charge is 0.370 e. The molecule has 1 fully saturated rings. The van der Waals surface area contributed by atoms with Gasteiger partial charge in [0.05, 0.1) is 12.6 Å².